The van der Waals surface area contributed by atoms with E-state index < -0.39 is 95.9 Å². The van der Waals surface area contributed by atoms with Gasteiger partial charge in [0.2, 0.25) is 10.0 Å². The lowest BCUT2D eigenvalue weighted by Crippen LogP contribution is -2.15. The third-order valence-corrected chi connectivity index (χ3v) is 13.9. The molecule has 94 heavy (non-hydrogen) atoms. The predicted molar refractivity (Wildman–Crippen MR) is 350 cm³/mol. The number of non-ortho nitro benzene ring substituents is 2. The van der Waals surface area contributed by atoms with Crippen LogP contribution in [0.2, 0.25) is 0 Å². The Bertz CT molecular complexity index is 4500. The van der Waals surface area contributed by atoms with Gasteiger partial charge >= 0.3 is 11.9 Å². The van der Waals surface area contributed by atoms with Gasteiger partial charge in [-0.3, -0.25) is 39.4 Å². The molecule has 0 unspecified atom stereocenters. The molecule has 0 spiro atoms. The number of hydrogen-bond donors (Lipinski definition) is 6. The van der Waals surface area contributed by atoms with E-state index in [1.807, 2.05) is 62.4 Å². The molecule has 2 heterocycles. The molecule has 0 saturated heterocycles. The summed E-state index contributed by atoms with van der Waals surface area (Å²) < 4.78 is 84.8. The summed E-state index contributed by atoms with van der Waals surface area (Å²) in [5.41, 5.74) is 23.3. The van der Waals surface area contributed by atoms with Crippen LogP contribution in [-0.4, -0.2) is 151 Å². The Morgan fingerprint density at radius 2 is 0.734 bits per heavy atom. The largest absolute Gasteiger partial charge is 0.478 e. The molecular formula is C60H62N10O20S4. The molecule has 0 saturated carbocycles. The fourth-order valence-corrected chi connectivity index (χ4v) is 9.02. The van der Waals surface area contributed by atoms with Gasteiger partial charge in [0.05, 0.1) is 45.4 Å². The molecule has 0 aliphatic carbocycles. The molecule has 0 radical (unpaired) electrons. The fraction of sp³-hybridized carbons (Fsp3) is 0.167. The van der Waals surface area contributed by atoms with Gasteiger partial charge in [0.1, 0.15) is 23.0 Å². The molecule has 6 aromatic carbocycles. The van der Waals surface area contributed by atoms with Gasteiger partial charge < -0.3 is 27.4 Å². The zero-order valence-electron chi connectivity index (χ0n) is 50.7. The molecule has 0 amide bonds. The van der Waals surface area contributed by atoms with Gasteiger partial charge in [-0.1, -0.05) is 83.9 Å². The molecule has 10 N–H and O–H groups in total. The zero-order valence-corrected chi connectivity index (χ0v) is 54.0. The standard InChI is InChI=1S/C22H21N3O4S.C12H11N3O2.C9H9NO5S.C9H11NO3S.C7H5NO4.CH5NO2S/c1-14-3-7-16(8-4-14)18-12-24-22(23)21(25-18)19(26)11-15-5-9-17(10-6-15)20(27)13-30(2,28)29;1-7-2-4-8(5-3-7)9-6-14-11(13)10(15-9)12(16)17;1-16(14,15)6-9(11)7-2-4-8(5-3-7)10(12)13;1-14(12,13)6-9(11)7-2-4-8(10)5-3-7;9-7(10)5-1-3-6(4-2-5)8(11)12;1-5(2,3)4/h3-10,12H,11,13H2,1-2H3,(H2,23,24);2-6H,1H3,(H2,13,14)(H,16,17);2-5H,6H2,1H3;2-5H,6,10H2,1H3;1-4H,(H,9,10);1H3,(H2,2,3,4). The van der Waals surface area contributed by atoms with Crippen molar-refractivity contribution < 1.29 is 82.5 Å². The van der Waals surface area contributed by atoms with Crippen molar-refractivity contribution in [2.45, 2.75) is 20.3 Å². The Kier molecular flexibility index (Phi) is 28.4. The third kappa shape index (κ3) is 28.9. The number of nitro groups is 2. The highest BCUT2D eigenvalue weighted by Crippen LogP contribution is 2.22. The summed E-state index contributed by atoms with van der Waals surface area (Å²) in [5.74, 6) is -5.67. The number of nitrogen functional groups attached to an aromatic ring is 3. The van der Waals surface area contributed by atoms with Crippen molar-refractivity contribution in [3.8, 4) is 22.5 Å². The highest BCUT2D eigenvalue weighted by atomic mass is 32.2. The van der Waals surface area contributed by atoms with Crippen LogP contribution in [0.1, 0.15) is 79.1 Å². The Morgan fingerprint density at radius 3 is 1.04 bits per heavy atom. The van der Waals surface area contributed by atoms with Gasteiger partial charge in [0, 0.05) is 83.0 Å². The topological polar surface area (TPSA) is 521 Å². The van der Waals surface area contributed by atoms with E-state index in [-0.39, 0.29) is 63.3 Å². The molecule has 34 heteroatoms. The van der Waals surface area contributed by atoms with Crippen LogP contribution in [0.25, 0.3) is 22.5 Å². The lowest BCUT2D eigenvalue weighted by molar-refractivity contribution is -0.385. The number of carbonyl (C=O) groups excluding carboxylic acids is 4. The Hall–Kier alpha value is -10.9. The Labute approximate surface area is 538 Å². The average Bonchev–Trinajstić information content (AvgIpc) is 0.877. The third-order valence-electron chi connectivity index (χ3n) is 11.5. The molecule has 0 aliphatic rings. The SMILES string of the molecule is CS(=O)(=O)CC(=O)c1ccc(N)cc1.CS(=O)(=O)CC(=O)c1ccc([N+](=O)[O-])cc1.CS(N)(=O)=O.Cc1ccc(-c2cnc(N)c(C(=O)Cc3ccc(C(=O)CS(C)(=O)=O)cc3)n2)cc1.Cc1ccc(-c2cnc(N)c(C(=O)O)n2)cc1.O=C(O)c1ccc([N+](=O)[O-])cc1. The van der Waals surface area contributed by atoms with Crippen LogP contribution >= 0.6 is 0 Å². The number of sulfonamides is 1. The Balaban J connectivity index is 0.000000313. The van der Waals surface area contributed by atoms with E-state index in [1.165, 1.54) is 60.9 Å². The minimum absolute atomic E-state index is 0.0246. The number of aromatic nitrogens is 4. The normalized spacial score (nSPS) is 10.8. The van der Waals surface area contributed by atoms with Crippen LogP contribution in [0.5, 0.6) is 0 Å². The van der Waals surface area contributed by atoms with Crippen molar-refractivity contribution in [3.63, 3.8) is 0 Å². The molecule has 0 bridgehead atoms. The van der Waals surface area contributed by atoms with E-state index in [0.717, 1.165) is 71.5 Å². The number of nitrogens with two attached hydrogens (primary N) is 4. The number of nitro benzene ring substituents is 2. The maximum Gasteiger partial charge on any atom is 0.358 e. The number of aryl methyl sites for hydroxylation is 2. The van der Waals surface area contributed by atoms with Crippen LogP contribution in [0, 0.1) is 34.1 Å². The van der Waals surface area contributed by atoms with Crippen molar-refractivity contribution in [2.24, 2.45) is 5.14 Å². The number of primary sulfonamides is 1. The number of carboxylic acids is 2. The van der Waals surface area contributed by atoms with E-state index in [2.05, 4.69) is 25.1 Å². The number of rotatable bonds is 18. The number of carboxylic acid groups (broad SMARTS) is 2. The summed E-state index contributed by atoms with van der Waals surface area (Å²) in [4.78, 5) is 104. The molecule has 2 aromatic heterocycles. The minimum atomic E-state index is -3.40. The summed E-state index contributed by atoms with van der Waals surface area (Å²) in [7, 11) is -13.2. The van der Waals surface area contributed by atoms with Crippen molar-refractivity contribution in [3.05, 3.63) is 229 Å². The maximum atomic E-state index is 12.8. The molecule has 496 valence electrons. The smallest absolute Gasteiger partial charge is 0.358 e. The van der Waals surface area contributed by atoms with Gasteiger partial charge in [-0.15, -0.1) is 0 Å². The summed E-state index contributed by atoms with van der Waals surface area (Å²) >= 11 is 0. The molecule has 8 rings (SSSR count). The van der Waals surface area contributed by atoms with E-state index in [1.54, 1.807) is 24.3 Å². The van der Waals surface area contributed by atoms with Crippen molar-refractivity contribution in [2.75, 3.05) is 59.5 Å². The highest BCUT2D eigenvalue weighted by molar-refractivity contribution is 7.92. The van der Waals surface area contributed by atoms with Crippen LogP contribution < -0.4 is 22.3 Å². The Morgan fingerprint density at radius 1 is 0.436 bits per heavy atom. The highest BCUT2D eigenvalue weighted by Gasteiger charge is 2.19. The average molecular weight is 1370 g/mol. The second-order valence-corrected chi connectivity index (χ2v) is 28.2. The van der Waals surface area contributed by atoms with Gasteiger partial charge in [-0.2, -0.15) is 0 Å². The first kappa shape index (κ1) is 77.3. The number of aromatic carboxylic acids is 2. The first-order chi connectivity index (χ1) is 43.5. The lowest BCUT2D eigenvalue weighted by atomic mass is 10.0. The number of nitrogens with zero attached hydrogens (tertiary/aromatic N) is 6. The summed E-state index contributed by atoms with van der Waals surface area (Å²) in [6.45, 7) is 3.95. The van der Waals surface area contributed by atoms with Crippen LogP contribution in [-0.2, 0) is 46.0 Å². The minimum Gasteiger partial charge on any atom is -0.478 e. The van der Waals surface area contributed by atoms with Gasteiger partial charge in [-0.05, 0) is 67.9 Å². The van der Waals surface area contributed by atoms with Crippen molar-refractivity contribution in [1.82, 2.24) is 19.9 Å². The van der Waals surface area contributed by atoms with E-state index >= 15 is 0 Å². The van der Waals surface area contributed by atoms with E-state index in [0.29, 0.717) is 28.2 Å². The first-order valence-electron chi connectivity index (χ1n) is 26.4. The predicted octanol–water partition coefficient (Wildman–Crippen LogP) is 5.94. The fourth-order valence-electron chi connectivity index (χ4n) is 7.09. The number of anilines is 3. The van der Waals surface area contributed by atoms with Gasteiger partial charge in [-0.25, -0.2) is 68.3 Å². The van der Waals surface area contributed by atoms with E-state index in [9.17, 15) is 82.7 Å². The number of carbonyl (C=O) groups is 6. The molecule has 8 aromatic rings. The number of Topliss-reactive ketones (excluding diaryl/α,β-unsaturated/α-hetero) is 4. The second kappa shape index (κ2) is 34.5. The molecule has 0 atom stereocenters. The first-order valence-corrected chi connectivity index (χ1v) is 34.6. The summed E-state index contributed by atoms with van der Waals surface area (Å²) in [6, 6.07) is 37.2. The molecule has 0 fully saturated rings. The lowest BCUT2D eigenvalue weighted by Gasteiger charge is -2.08. The van der Waals surface area contributed by atoms with Gasteiger partial charge in [0.25, 0.3) is 11.4 Å². The summed E-state index contributed by atoms with van der Waals surface area (Å²) in [5, 5.41) is 42.1. The van der Waals surface area contributed by atoms with Crippen molar-refractivity contribution in [1.29, 1.82) is 0 Å². The van der Waals surface area contributed by atoms with Crippen molar-refractivity contribution >= 4 is 103 Å². The number of benzene rings is 6. The number of hydrogen-bond acceptors (Lipinski definition) is 25. The summed E-state index contributed by atoms with van der Waals surface area (Å²) in [6.07, 6.45) is 6.95. The molecular weight excluding hydrogens is 1310 g/mol. The van der Waals surface area contributed by atoms with Gasteiger partial charge in [0.15, 0.2) is 70.0 Å². The number of sulfone groups is 3. The van der Waals surface area contributed by atoms with Crippen LogP contribution in [0.3, 0.4) is 0 Å². The maximum absolute atomic E-state index is 12.8. The molecule has 30 nitrogen and oxygen atoms in total. The quantitative estimate of drug-likeness (QED) is 0.0251. The van der Waals surface area contributed by atoms with E-state index in [4.69, 9.17) is 27.4 Å². The number of ketones is 4. The zero-order chi connectivity index (χ0) is 71.1. The second-order valence-electron chi connectivity index (χ2n) is 20.2. The van der Waals surface area contributed by atoms with Crippen LogP contribution in [0.15, 0.2) is 158 Å². The molecule has 0 aliphatic heterocycles. The van der Waals surface area contributed by atoms with Crippen LogP contribution in [0.4, 0.5) is 28.7 Å². The monoisotopic (exact) mass is 1370 g/mol.